The van der Waals surface area contributed by atoms with Crippen molar-refractivity contribution in [3.05, 3.63) is 22.2 Å². The Balaban J connectivity index is 3.23. The first-order valence-electron chi connectivity index (χ1n) is 4.71. The van der Waals surface area contributed by atoms with Gasteiger partial charge in [0.25, 0.3) is 0 Å². The number of hydrogen-bond donors (Lipinski definition) is 0. The van der Waals surface area contributed by atoms with E-state index in [4.69, 9.17) is 9.47 Å². The van der Waals surface area contributed by atoms with Crippen LogP contribution in [0.15, 0.2) is 16.6 Å². The molecule has 0 radical (unpaired) electrons. The summed E-state index contributed by atoms with van der Waals surface area (Å²) >= 11 is 3.13. The largest absolute Gasteiger partial charge is 0.545 e. The minimum atomic E-state index is -1.26. The van der Waals surface area contributed by atoms with E-state index in [1.165, 1.54) is 13.2 Å². The highest BCUT2D eigenvalue weighted by Crippen LogP contribution is 2.33. The Morgan fingerprint density at radius 2 is 2.00 bits per heavy atom. The van der Waals surface area contributed by atoms with E-state index in [0.29, 0.717) is 16.0 Å². The summed E-state index contributed by atoms with van der Waals surface area (Å²) in [7, 11) is 1.49. The van der Waals surface area contributed by atoms with E-state index in [2.05, 4.69) is 15.9 Å². The molecule has 0 amide bonds. The average molecular weight is 288 g/mol. The molecule has 0 heterocycles. The summed E-state index contributed by atoms with van der Waals surface area (Å²) in [6.45, 7) is 3.69. The van der Waals surface area contributed by atoms with Crippen LogP contribution in [0.2, 0.25) is 0 Å². The van der Waals surface area contributed by atoms with Crippen LogP contribution in [0.25, 0.3) is 0 Å². The monoisotopic (exact) mass is 287 g/mol. The van der Waals surface area contributed by atoms with Gasteiger partial charge in [0.2, 0.25) is 0 Å². The van der Waals surface area contributed by atoms with Crippen LogP contribution >= 0.6 is 15.9 Å². The number of carboxylic acid groups (broad SMARTS) is 1. The lowest BCUT2D eigenvalue weighted by Gasteiger charge is -2.16. The smallest absolute Gasteiger partial charge is 0.162 e. The molecule has 0 unspecified atom stereocenters. The van der Waals surface area contributed by atoms with Gasteiger partial charge < -0.3 is 19.4 Å². The molecule has 1 aromatic carbocycles. The lowest BCUT2D eigenvalue weighted by molar-refractivity contribution is -0.255. The van der Waals surface area contributed by atoms with Gasteiger partial charge in [-0.2, -0.15) is 0 Å². The van der Waals surface area contributed by atoms with Crippen LogP contribution < -0.4 is 14.6 Å². The van der Waals surface area contributed by atoms with Crippen molar-refractivity contribution < 1.29 is 19.4 Å². The topological polar surface area (TPSA) is 58.6 Å². The standard InChI is InChI=1S/C11H13BrO4/c1-6(2)16-10-4-7(11(13)14)8(12)5-9(10)15-3/h4-6H,1-3H3,(H,13,14)/p-1. The molecule has 0 fully saturated rings. The quantitative estimate of drug-likeness (QED) is 0.844. The van der Waals surface area contributed by atoms with Crippen molar-refractivity contribution in [2.45, 2.75) is 20.0 Å². The number of halogens is 1. The molecule has 1 rings (SSSR count). The Morgan fingerprint density at radius 3 is 2.44 bits per heavy atom. The SMILES string of the molecule is COc1cc(Br)c(C(=O)[O-])cc1OC(C)C. The molecule has 0 aliphatic rings. The van der Waals surface area contributed by atoms with Crippen LogP contribution in [0.1, 0.15) is 24.2 Å². The highest BCUT2D eigenvalue weighted by molar-refractivity contribution is 9.10. The van der Waals surface area contributed by atoms with Gasteiger partial charge in [0.05, 0.1) is 19.2 Å². The fourth-order valence-corrected chi connectivity index (χ4v) is 1.68. The fraction of sp³-hybridized carbons (Fsp3) is 0.364. The number of carboxylic acids is 1. The van der Waals surface area contributed by atoms with Crippen LogP contribution in [0.3, 0.4) is 0 Å². The van der Waals surface area contributed by atoms with Crippen molar-refractivity contribution in [2.24, 2.45) is 0 Å². The summed E-state index contributed by atoms with van der Waals surface area (Å²) in [6, 6.07) is 2.93. The van der Waals surface area contributed by atoms with Crippen LogP contribution in [-0.2, 0) is 0 Å². The molecular weight excluding hydrogens is 276 g/mol. The second-order valence-corrected chi connectivity index (χ2v) is 4.29. The van der Waals surface area contributed by atoms with E-state index in [1.54, 1.807) is 6.07 Å². The Morgan fingerprint density at radius 1 is 1.38 bits per heavy atom. The average Bonchev–Trinajstić information content (AvgIpc) is 2.18. The number of rotatable bonds is 4. The minimum absolute atomic E-state index is 0.0384. The van der Waals surface area contributed by atoms with E-state index in [1.807, 2.05) is 13.8 Å². The normalized spacial score (nSPS) is 10.3. The van der Waals surface area contributed by atoms with Gasteiger partial charge in [-0.05, 0) is 41.9 Å². The van der Waals surface area contributed by atoms with Crippen LogP contribution in [0.4, 0.5) is 0 Å². The number of ether oxygens (including phenoxy) is 2. The number of benzene rings is 1. The summed E-state index contributed by atoms with van der Waals surface area (Å²) in [5.41, 5.74) is 0.0384. The van der Waals surface area contributed by atoms with E-state index >= 15 is 0 Å². The highest BCUT2D eigenvalue weighted by Gasteiger charge is 2.11. The van der Waals surface area contributed by atoms with Crippen LogP contribution in [0.5, 0.6) is 11.5 Å². The number of carbonyl (C=O) groups excluding carboxylic acids is 1. The summed E-state index contributed by atoms with van der Waals surface area (Å²) in [5.74, 6) is -0.395. The van der Waals surface area contributed by atoms with Gasteiger partial charge in [0.15, 0.2) is 11.5 Å². The van der Waals surface area contributed by atoms with Crippen LogP contribution in [0, 0.1) is 0 Å². The molecule has 0 bridgehead atoms. The number of aromatic carboxylic acids is 1. The zero-order chi connectivity index (χ0) is 12.3. The summed E-state index contributed by atoms with van der Waals surface area (Å²) in [5, 5.41) is 10.8. The van der Waals surface area contributed by atoms with Crippen molar-refractivity contribution in [3.8, 4) is 11.5 Å². The molecule has 0 aromatic heterocycles. The van der Waals surface area contributed by atoms with Crippen molar-refractivity contribution >= 4 is 21.9 Å². The first kappa shape index (κ1) is 12.8. The molecule has 0 N–H and O–H groups in total. The molecule has 0 saturated carbocycles. The van der Waals surface area contributed by atoms with Gasteiger partial charge in [0.1, 0.15) is 0 Å². The molecule has 0 atom stereocenters. The Bertz CT molecular complexity index is 401. The van der Waals surface area contributed by atoms with E-state index < -0.39 is 5.97 Å². The molecule has 0 aliphatic heterocycles. The number of carbonyl (C=O) groups is 1. The maximum atomic E-state index is 10.8. The molecule has 88 valence electrons. The second-order valence-electron chi connectivity index (χ2n) is 3.44. The molecule has 4 nitrogen and oxygen atoms in total. The Labute approximate surface area is 102 Å². The second kappa shape index (κ2) is 5.21. The van der Waals surface area contributed by atoms with E-state index in [-0.39, 0.29) is 11.7 Å². The third kappa shape index (κ3) is 2.88. The molecule has 1 aromatic rings. The molecule has 0 saturated heterocycles. The Kier molecular flexibility index (Phi) is 4.18. The van der Waals surface area contributed by atoms with Gasteiger partial charge in [-0.1, -0.05) is 0 Å². The van der Waals surface area contributed by atoms with Gasteiger partial charge in [-0.15, -0.1) is 0 Å². The lowest BCUT2D eigenvalue weighted by atomic mass is 10.2. The zero-order valence-corrected chi connectivity index (χ0v) is 10.8. The van der Waals surface area contributed by atoms with Crippen LogP contribution in [-0.4, -0.2) is 19.2 Å². The van der Waals surface area contributed by atoms with Gasteiger partial charge in [0, 0.05) is 10.0 Å². The highest BCUT2D eigenvalue weighted by atomic mass is 79.9. The predicted molar refractivity (Wildman–Crippen MR) is 60.8 cm³/mol. The summed E-state index contributed by atoms with van der Waals surface area (Å²) in [4.78, 5) is 10.8. The molecule has 5 heteroatoms. The maximum absolute atomic E-state index is 10.8. The maximum Gasteiger partial charge on any atom is 0.162 e. The van der Waals surface area contributed by atoms with Gasteiger partial charge in [-0.3, -0.25) is 0 Å². The third-order valence-electron chi connectivity index (χ3n) is 1.84. The van der Waals surface area contributed by atoms with E-state index in [9.17, 15) is 9.90 Å². The van der Waals surface area contributed by atoms with Gasteiger partial charge >= 0.3 is 0 Å². The number of methoxy groups -OCH3 is 1. The van der Waals surface area contributed by atoms with Crippen molar-refractivity contribution in [1.82, 2.24) is 0 Å². The molecular formula is C11H12BrO4-. The fourth-order valence-electron chi connectivity index (χ4n) is 1.20. The first-order chi connectivity index (χ1) is 7.45. The zero-order valence-electron chi connectivity index (χ0n) is 9.24. The first-order valence-corrected chi connectivity index (χ1v) is 5.50. The summed E-state index contributed by atoms with van der Waals surface area (Å²) < 4.78 is 10.9. The third-order valence-corrected chi connectivity index (χ3v) is 2.49. The molecule has 16 heavy (non-hydrogen) atoms. The Hall–Kier alpha value is -1.23. The van der Waals surface area contributed by atoms with E-state index in [0.717, 1.165) is 0 Å². The predicted octanol–water partition coefficient (Wildman–Crippen LogP) is 1.61. The lowest BCUT2D eigenvalue weighted by Crippen LogP contribution is -2.23. The summed E-state index contributed by atoms with van der Waals surface area (Å²) in [6.07, 6.45) is -0.0651. The van der Waals surface area contributed by atoms with Crippen molar-refractivity contribution in [3.63, 3.8) is 0 Å². The molecule has 0 aliphatic carbocycles. The van der Waals surface area contributed by atoms with Crippen molar-refractivity contribution in [1.29, 1.82) is 0 Å². The minimum Gasteiger partial charge on any atom is -0.545 e. The van der Waals surface area contributed by atoms with Gasteiger partial charge in [-0.25, -0.2) is 0 Å². The number of hydrogen-bond acceptors (Lipinski definition) is 4. The molecule has 0 spiro atoms. The van der Waals surface area contributed by atoms with Crippen molar-refractivity contribution in [2.75, 3.05) is 7.11 Å².